The van der Waals surface area contributed by atoms with Crippen molar-refractivity contribution in [1.29, 1.82) is 0 Å². The molecule has 0 unspecified atom stereocenters. The van der Waals surface area contributed by atoms with Gasteiger partial charge < -0.3 is 5.32 Å². The van der Waals surface area contributed by atoms with E-state index in [1.165, 1.54) is 12.1 Å². The lowest BCUT2D eigenvalue weighted by atomic mass is 10.1. The molecule has 1 aromatic heterocycles. The summed E-state index contributed by atoms with van der Waals surface area (Å²) in [6.07, 6.45) is 1.81. The molecule has 2 rings (SSSR count). The highest BCUT2D eigenvalue weighted by Crippen LogP contribution is 2.13. The van der Waals surface area contributed by atoms with Crippen molar-refractivity contribution in [3.05, 3.63) is 53.6 Å². The maximum Gasteiger partial charge on any atom is 0.123 e. The third-order valence-electron chi connectivity index (χ3n) is 3.06. The van der Waals surface area contributed by atoms with E-state index in [-0.39, 0.29) is 11.9 Å². The van der Waals surface area contributed by atoms with Crippen LogP contribution in [0.25, 0.3) is 0 Å². The van der Waals surface area contributed by atoms with E-state index in [4.69, 9.17) is 0 Å². The molecule has 0 fully saturated rings. The minimum atomic E-state index is -0.199. The van der Waals surface area contributed by atoms with Crippen molar-refractivity contribution < 1.29 is 4.39 Å². The van der Waals surface area contributed by atoms with Gasteiger partial charge in [0.25, 0.3) is 0 Å². The predicted octanol–water partition coefficient (Wildman–Crippen LogP) is 2.89. The first-order valence-corrected chi connectivity index (χ1v) is 6.20. The third kappa shape index (κ3) is 2.96. The second-order valence-corrected chi connectivity index (χ2v) is 4.29. The lowest BCUT2D eigenvalue weighted by molar-refractivity contribution is 0.530. The predicted molar refractivity (Wildman–Crippen MR) is 69.6 cm³/mol. The van der Waals surface area contributed by atoms with Crippen LogP contribution in [0.15, 0.2) is 36.5 Å². The molecular weight excluding hydrogens is 229 g/mol. The van der Waals surface area contributed by atoms with Crippen molar-refractivity contribution in [1.82, 2.24) is 15.1 Å². The highest BCUT2D eigenvalue weighted by Gasteiger charge is 2.06. The maximum atomic E-state index is 12.8. The second kappa shape index (κ2) is 5.78. The summed E-state index contributed by atoms with van der Waals surface area (Å²) >= 11 is 0. The van der Waals surface area contributed by atoms with Crippen molar-refractivity contribution in [3.8, 4) is 0 Å². The maximum absolute atomic E-state index is 12.8. The minimum absolute atomic E-state index is 0.186. The smallest absolute Gasteiger partial charge is 0.123 e. The summed E-state index contributed by atoms with van der Waals surface area (Å²) in [7, 11) is 0. The van der Waals surface area contributed by atoms with Gasteiger partial charge in [-0.15, -0.1) is 0 Å². The van der Waals surface area contributed by atoms with Crippen LogP contribution in [-0.4, -0.2) is 9.78 Å². The van der Waals surface area contributed by atoms with E-state index in [0.29, 0.717) is 0 Å². The molecule has 0 spiro atoms. The summed E-state index contributed by atoms with van der Waals surface area (Å²) < 4.78 is 14.8. The van der Waals surface area contributed by atoms with E-state index in [9.17, 15) is 4.39 Å². The average Bonchev–Trinajstić information content (AvgIpc) is 2.84. The SMILES string of the molecule is CCn1nccc1CN[C@H](C)c1ccc(F)cc1. The molecule has 0 aliphatic carbocycles. The molecule has 1 aromatic carbocycles. The highest BCUT2D eigenvalue weighted by molar-refractivity contribution is 5.19. The normalized spacial score (nSPS) is 12.6. The van der Waals surface area contributed by atoms with E-state index in [2.05, 4.69) is 24.3 Å². The molecule has 0 saturated carbocycles. The number of aromatic nitrogens is 2. The number of hydrogen-bond acceptors (Lipinski definition) is 2. The number of rotatable bonds is 5. The number of halogens is 1. The van der Waals surface area contributed by atoms with Gasteiger partial charge >= 0.3 is 0 Å². The first-order chi connectivity index (χ1) is 8.70. The topological polar surface area (TPSA) is 29.9 Å². The fourth-order valence-electron chi connectivity index (χ4n) is 1.92. The van der Waals surface area contributed by atoms with Crippen molar-refractivity contribution in [2.45, 2.75) is 33.0 Å². The van der Waals surface area contributed by atoms with Crippen LogP contribution in [0.2, 0.25) is 0 Å². The van der Waals surface area contributed by atoms with Crippen molar-refractivity contribution in [3.63, 3.8) is 0 Å². The number of benzene rings is 1. The highest BCUT2D eigenvalue weighted by atomic mass is 19.1. The molecule has 3 nitrogen and oxygen atoms in total. The first kappa shape index (κ1) is 12.8. The summed E-state index contributed by atoms with van der Waals surface area (Å²) in [4.78, 5) is 0. The van der Waals surface area contributed by atoms with Crippen LogP contribution in [0.5, 0.6) is 0 Å². The quantitative estimate of drug-likeness (QED) is 0.880. The molecule has 0 amide bonds. The van der Waals surface area contributed by atoms with E-state index < -0.39 is 0 Å². The third-order valence-corrected chi connectivity index (χ3v) is 3.06. The fraction of sp³-hybridized carbons (Fsp3) is 0.357. The summed E-state index contributed by atoms with van der Waals surface area (Å²) in [5, 5.41) is 7.64. The Morgan fingerprint density at radius 1 is 1.28 bits per heavy atom. The Hall–Kier alpha value is -1.68. The number of nitrogens with one attached hydrogen (secondary N) is 1. The molecule has 0 aliphatic heterocycles. The molecular formula is C14H18FN3. The standard InChI is InChI=1S/C14H18FN3/c1-3-18-14(8-9-17-18)10-16-11(2)12-4-6-13(15)7-5-12/h4-9,11,16H,3,10H2,1-2H3/t11-/m1/s1. The van der Waals surface area contributed by atoms with Gasteiger partial charge in [0.15, 0.2) is 0 Å². The number of hydrogen-bond donors (Lipinski definition) is 1. The molecule has 96 valence electrons. The van der Waals surface area contributed by atoms with E-state index in [1.807, 2.05) is 29.1 Å². The zero-order valence-corrected chi connectivity index (χ0v) is 10.7. The monoisotopic (exact) mass is 247 g/mol. The molecule has 2 aromatic rings. The van der Waals surface area contributed by atoms with E-state index in [1.54, 1.807) is 0 Å². The van der Waals surface area contributed by atoms with Crippen LogP contribution in [0.4, 0.5) is 4.39 Å². The number of aryl methyl sites for hydroxylation is 1. The van der Waals surface area contributed by atoms with Crippen LogP contribution in [0.1, 0.15) is 31.1 Å². The van der Waals surface area contributed by atoms with Gasteiger partial charge in [-0.25, -0.2) is 4.39 Å². The van der Waals surface area contributed by atoms with E-state index >= 15 is 0 Å². The summed E-state index contributed by atoms with van der Waals surface area (Å²) in [6.45, 7) is 5.76. The largest absolute Gasteiger partial charge is 0.305 e. The van der Waals surface area contributed by atoms with Gasteiger partial charge in [0, 0.05) is 25.3 Å². The molecule has 4 heteroatoms. The minimum Gasteiger partial charge on any atom is -0.305 e. The Morgan fingerprint density at radius 3 is 2.67 bits per heavy atom. The molecule has 0 radical (unpaired) electrons. The number of nitrogens with zero attached hydrogens (tertiary/aromatic N) is 2. The van der Waals surface area contributed by atoms with E-state index in [0.717, 1.165) is 24.3 Å². The van der Waals surface area contributed by atoms with Gasteiger partial charge in [0.05, 0.1) is 5.69 Å². The molecule has 0 saturated heterocycles. The Morgan fingerprint density at radius 2 is 2.00 bits per heavy atom. The molecule has 1 heterocycles. The van der Waals surface area contributed by atoms with Gasteiger partial charge in [-0.2, -0.15) is 5.10 Å². The van der Waals surface area contributed by atoms with Gasteiger partial charge in [-0.1, -0.05) is 12.1 Å². The van der Waals surface area contributed by atoms with Crippen LogP contribution in [0, 0.1) is 5.82 Å². The van der Waals surface area contributed by atoms with Crippen LogP contribution in [0.3, 0.4) is 0 Å². The fourth-order valence-corrected chi connectivity index (χ4v) is 1.92. The van der Waals surface area contributed by atoms with Crippen LogP contribution < -0.4 is 5.32 Å². The summed E-state index contributed by atoms with van der Waals surface area (Å²) in [6, 6.07) is 8.79. The summed E-state index contributed by atoms with van der Waals surface area (Å²) in [5.41, 5.74) is 2.24. The Balaban J connectivity index is 1.96. The zero-order chi connectivity index (χ0) is 13.0. The van der Waals surface area contributed by atoms with Crippen molar-refractivity contribution in [2.75, 3.05) is 0 Å². The Kier molecular flexibility index (Phi) is 4.10. The average molecular weight is 247 g/mol. The lowest BCUT2D eigenvalue weighted by Gasteiger charge is -2.14. The first-order valence-electron chi connectivity index (χ1n) is 6.20. The molecule has 1 atom stereocenters. The van der Waals surface area contributed by atoms with Gasteiger partial charge in [-0.3, -0.25) is 4.68 Å². The van der Waals surface area contributed by atoms with Crippen molar-refractivity contribution >= 4 is 0 Å². The molecule has 1 N–H and O–H groups in total. The zero-order valence-electron chi connectivity index (χ0n) is 10.7. The van der Waals surface area contributed by atoms with Gasteiger partial charge in [0.1, 0.15) is 5.82 Å². The second-order valence-electron chi connectivity index (χ2n) is 4.29. The van der Waals surface area contributed by atoms with Crippen LogP contribution >= 0.6 is 0 Å². The molecule has 18 heavy (non-hydrogen) atoms. The van der Waals surface area contributed by atoms with Crippen molar-refractivity contribution in [2.24, 2.45) is 0 Å². The van der Waals surface area contributed by atoms with Crippen LogP contribution in [-0.2, 0) is 13.1 Å². The van der Waals surface area contributed by atoms with Gasteiger partial charge in [0.2, 0.25) is 0 Å². The summed E-state index contributed by atoms with van der Waals surface area (Å²) in [5.74, 6) is -0.199. The lowest BCUT2D eigenvalue weighted by Crippen LogP contribution is -2.20. The van der Waals surface area contributed by atoms with Gasteiger partial charge in [-0.05, 0) is 37.6 Å². The Labute approximate surface area is 107 Å². The Bertz CT molecular complexity index is 490. The molecule has 0 bridgehead atoms. The molecule has 0 aliphatic rings.